The highest BCUT2D eigenvalue weighted by molar-refractivity contribution is 5.91. The molecule has 4 atom stereocenters. The molecule has 4 heterocycles. The lowest BCUT2D eigenvalue weighted by Gasteiger charge is -2.20. The maximum Gasteiger partial charge on any atom is 0.334 e. The first-order chi connectivity index (χ1) is 14.0. The number of carbonyl (C=O) groups excluding carboxylic acids is 1. The molecule has 5 rings (SSSR count). The summed E-state index contributed by atoms with van der Waals surface area (Å²) in [7, 11) is 0. The zero-order chi connectivity index (χ0) is 20.0. The van der Waals surface area contributed by atoms with Crippen molar-refractivity contribution in [2.75, 3.05) is 0 Å². The van der Waals surface area contributed by atoms with Crippen molar-refractivity contribution in [2.45, 2.75) is 57.0 Å². The van der Waals surface area contributed by atoms with Crippen molar-refractivity contribution >= 4 is 5.97 Å². The lowest BCUT2D eigenvalue weighted by Crippen LogP contribution is -2.29. The third-order valence-electron chi connectivity index (χ3n) is 6.27. The summed E-state index contributed by atoms with van der Waals surface area (Å²) in [5.74, 6) is -0.269. The van der Waals surface area contributed by atoms with Gasteiger partial charge in [-0.15, -0.1) is 5.10 Å². The maximum atomic E-state index is 12.1. The summed E-state index contributed by atoms with van der Waals surface area (Å²) < 4.78 is 13.4. The van der Waals surface area contributed by atoms with Crippen molar-refractivity contribution < 1.29 is 14.3 Å². The molecule has 0 aromatic carbocycles. The smallest absolute Gasteiger partial charge is 0.334 e. The monoisotopic (exact) mass is 392 g/mol. The Morgan fingerprint density at radius 3 is 3.07 bits per heavy atom. The van der Waals surface area contributed by atoms with E-state index in [1.807, 2.05) is 29.1 Å². The summed E-state index contributed by atoms with van der Waals surface area (Å²) in [6.07, 6.45) is 9.25. The molecule has 150 valence electrons. The fourth-order valence-corrected chi connectivity index (χ4v) is 4.48. The van der Waals surface area contributed by atoms with Crippen molar-refractivity contribution in [1.82, 2.24) is 20.0 Å². The number of ether oxygens (including phenoxy) is 2. The van der Waals surface area contributed by atoms with E-state index in [2.05, 4.69) is 34.9 Å². The first-order valence-corrected chi connectivity index (χ1v) is 10.1. The number of fused-ring (bicyclic) bond motifs is 3. The van der Waals surface area contributed by atoms with Crippen molar-refractivity contribution in [3.8, 4) is 11.4 Å². The molecule has 2 aliphatic heterocycles. The first kappa shape index (κ1) is 18.2. The molecule has 7 nitrogen and oxygen atoms in total. The van der Waals surface area contributed by atoms with Gasteiger partial charge < -0.3 is 9.47 Å². The Labute approximate surface area is 169 Å². The molecule has 0 radical (unpaired) electrons. The zero-order valence-electron chi connectivity index (χ0n) is 16.5. The molecule has 2 fully saturated rings. The van der Waals surface area contributed by atoms with Crippen LogP contribution in [0.25, 0.3) is 11.4 Å². The van der Waals surface area contributed by atoms with Crippen molar-refractivity contribution in [2.24, 2.45) is 5.92 Å². The molecule has 2 aromatic rings. The van der Waals surface area contributed by atoms with E-state index in [9.17, 15) is 4.79 Å². The highest BCUT2D eigenvalue weighted by Gasteiger charge is 2.61. The molecule has 0 N–H and O–H groups in total. The standard InChI is InChI=1S/C22H24N4O3/c1-14-16-9-8-15(6-5-10-22(2)20(29-22)19(16)28-21(14)27)12-26-13-18(24-25-26)17-7-3-4-11-23-17/h3-4,6-7,11,13,16,19-20H,1,5,8-10,12H2,2H3/b15-6+/t16-,19-,20-,22+/m0/s1. The topological polar surface area (TPSA) is 82.4 Å². The van der Waals surface area contributed by atoms with Crippen LogP contribution in [-0.2, 0) is 20.8 Å². The molecule has 0 bridgehead atoms. The number of nitrogens with zero attached hydrogens (tertiary/aromatic N) is 4. The number of rotatable bonds is 3. The number of pyridine rings is 1. The fraction of sp³-hybridized carbons (Fsp3) is 0.455. The number of hydrogen-bond donors (Lipinski definition) is 0. The van der Waals surface area contributed by atoms with Crippen LogP contribution in [0.5, 0.6) is 0 Å². The predicted octanol–water partition coefficient (Wildman–Crippen LogP) is 3.10. The van der Waals surface area contributed by atoms with Gasteiger partial charge in [0.15, 0.2) is 0 Å². The number of carbonyl (C=O) groups is 1. The SMILES string of the molecule is C=C1C(=O)O[C@H]2[C@H]1CC/C(Cn1cc(-c3ccccn3)nn1)=C\CC[C@@]1(C)O[C@@H]21. The Balaban J connectivity index is 1.34. The van der Waals surface area contributed by atoms with E-state index in [-0.39, 0.29) is 29.7 Å². The molecule has 2 saturated heterocycles. The van der Waals surface area contributed by atoms with Gasteiger partial charge in [-0.3, -0.25) is 4.98 Å². The molecule has 1 aliphatic carbocycles. The van der Waals surface area contributed by atoms with Crippen molar-refractivity contribution in [3.63, 3.8) is 0 Å². The largest absolute Gasteiger partial charge is 0.455 e. The van der Waals surface area contributed by atoms with Gasteiger partial charge in [0.25, 0.3) is 0 Å². The summed E-state index contributed by atoms with van der Waals surface area (Å²) in [5.41, 5.74) is 3.20. The van der Waals surface area contributed by atoms with E-state index >= 15 is 0 Å². The highest BCUT2D eigenvalue weighted by atomic mass is 16.6. The Morgan fingerprint density at radius 2 is 2.24 bits per heavy atom. The van der Waals surface area contributed by atoms with Gasteiger partial charge in [0.2, 0.25) is 0 Å². The predicted molar refractivity (Wildman–Crippen MR) is 106 cm³/mol. The normalized spacial score (nSPS) is 33.3. The summed E-state index contributed by atoms with van der Waals surface area (Å²) in [6.45, 7) is 6.76. The van der Waals surface area contributed by atoms with Gasteiger partial charge in [0, 0.05) is 17.7 Å². The summed E-state index contributed by atoms with van der Waals surface area (Å²) in [4.78, 5) is 16.4. The number of hydrogen-bond acceptors (Lipinski definition) is 6. The van der Waals surface area contributed by atoms with Crippen molar-refractivity contribution in [3.05, 3.63) is 54.4 Å². The summed E-state index contributed by atoms with van der Waals surface area (Å²) in [6, 6.07) is 5.74. The Hall–Kier alpha value is -2.80. The average molecular weight is 392 g/mol. The van der Waals surface area contributed by atoms with Gasteiger partial charge in [-0.05, 0) is 44.7 Å². The van der Waals surface area contributed by atoms with Gasteiger partial charge in [0.1, 0.15) is 17.9 Å². The molecule has 3 aliphatic rings. The Morgan fingerprint density at radius 1 is 1.34 bits per heavy atom. The summed E-state index contributed by atoms with van der Waals surface area (Å²) in [5, 5.41) is 8.53. The third kappa shape index (κ3) is 3.40. The van der Waals surface area contributed by atoms with Crippen LogP contribution in [0.4, 0.5) is 0 Å². The second-order valence-electron chi connectivity index (χ2n) is 8.31. The van der Waals surface area contributed by atoms with Gasteiger partial charge in [-0.25, -0.2) is 9.48 Å². The molecule has 0 amide bonds. The molecule has 29 heavy (non-hydrogen) atoms. The average Bonchev–Trinajstić information content (AvgIpc) is 3.04. The minimum Gasteiger partial charge on any atom is -0.455 e. The van der Waals surface area contributed by atoms with Crippen LogP contribution >= 0.6 is 0 Å². The maximum absolute atomic E-state index is 12.1. The fourth-order valence-electron chi connectivity index (χ4n) is 4.48. The number of esters is 1. The number of allylic oxidation sites excluding steroid dienone is 2. The van der Waals surface area contributed by atoms with E-state index in [0.29, 0.717) is 12.1 Å². The lowest BCUT2D eigenvalue weighted by atomic mass is 9.84. The lowest BCUT2D eigenvalue weighted by molar-refractivity contribution is -0.140. The van der Waals surface area contributed by atoms with Gasteiger partial charge in [-0.2, -0.15) is 0 Å². The quantitative estimate of drug-likeness (QED) is 0.345. The molecule has 2 aromatic heterocycles. The molecule has 0 unspecified atom stereocenters. The number of aromatic nitrogens is 4. The molecule has 7 heteroatoms. The molecule has 0 spiro atoms. The van der Waals surface area contributed by atoms with Crippen LogP contribution < -0.4 is 0 Å². The minimum atomic E-state index is -0.279. The van der Waals surface area contributed by atoms with Crippen LogP contribution in [0, 0.1) is 5.92 Å². The second-order valence-corrected chi connectivity index (χ2v) is 8.31. The first-order valence-electron chi connectivity index (χ1n) is 10.1. The second kappa shape index (κ2) is 6.91. The van der Waals surface area contributed by atoms with Gasteiger partial charge in [-0.1, -0.05) is 29.5 Å². The van der Waals surface area contributed by atoms with Crippen LogP contribution in [-0.4, -0.2) is 43.8 Å². The zero-order valence-corrected chi connectivity index (χ0v) is 16.5. The van der Waals surface area contributed by atoms with Crippen LogP contribution in [0.3, 0.4) is 0 Å². The molecular weight excluding hydrogens is 368 g/mol. The summed E-state index contributed by atoms with van der Waals surface area (Å²) >= 11 is 0. The van der Waals surface area contributed by atoms with Crippen LogP contribution in [0.1, 0.15) is 32.6 Å². The van der Waals surface area contributed by atoms with Crippen LogP contribution in [0.15, 0.2) is 54.4 Å². The Kier molecular flexibility index (Phi) is 4.35. The van der Waals surface area contributed by atoms with Gasteiger partial charge >= 0.3 is 5.97 Å². The number of epoxide rings is 1. The third-order valence-corrected chi connectivity index (χ3v) is 6.27. The van der Waals surface area contributed by atoms with E-state index in [4.69, 9.17) is 9.47 Å². The highest BCUT2D eigenvalue weighted by Crippen LogP contribution is 2.49. The van der Waals surface area contributed by atoms with E-state index in [1.54, 1.807) is 6.20 Å². The van der Waals surface area contributed by atoms with E-state index in [1.165, 1.54) is 5.57 Å². The van der Waals surface area contributed by atoms with E-state index < -0.39 is 0 Å². The minimum absolute atomic E-state index is 0.00986. The molecular formula is C22H24N4O3. The van der Waals surface area contributed by atoms with Crippen molar-refractivity contribution in [1.29, 1.82) is 0 Å². The Bertz CT molecular complexity index is 983. The van der Waals surface area contributed by atoms with Gasteiger partial charge in [0.05, 0.1) is 24.0 Å². The van der Waals surface area contributed by atoms with E-state index in [0.717, 1.165) is 37.1 Å². The van der Waals surface area contributed by atoms with Crippen LogP contribution in [0.2, 0.25) is 0 Å². The molecule has 0 saturated carbocycles.